The Hall–Kier alpha value is -0.420. The minimum atomic E-state index is 0.00505. The Morgan fingerprint density at radius 2 is 2.44 bits per heavy atom. The Morgan fingerprint density at radius 3 is 3.17 bits per heavy atom. The van der Waals surface area contributed by atoms with Gasteiger partial charge in [-0.15, -0.1) is 11.3 Å². The summed E-state index contributed by atoms with van der Waals surface area (Å²) in [6, 6.07) is 5.31. The first-order valence-electron chi connectivity index (χ1n) is 6.79. The lowest BCUT2D eigenvalue weighted by atomic mass is 9.89. The molecule has 0 aliphatic carbocycles. The van der Waals surface area contributed by atoms with Gasteiger partial charge in [-0.3, -0.25) is 0 Å². The molecule has 3 heterocycles. The third-order valence-electron chi connectivity index (χ3n) is 4.02. The quantitative estimate of drug-likeness (QED) is 0.913. The van der Waals surface area contributed by atoms with Crippen molar-refractivity contribution in [1.82, 2.24) is 5.32 Å². The van der Waals surface area contributed by atoms with E-state index in [1.807, 2.05) is 11.3 Å². The highest BCUT2D eigenvalue weighted by Gasteiger charge is 2.41. The monoisotopic (exact) mass is 267 g/mol. The van der Waals surface area contributed by atoms with Gasteiger partial charge in [0.1, 0.15) is 0 Å². The van der Waals surface area contributed by atoms with Gasteiger partial charge in [-0.05, 0) is 31.2 Å². The van der Waals surface area contributed by atoms with Crippen molar-refractivity contribution in [3.8, 4) is 0 Å². The highest BCUT2D eigenvalue weighted by Crippen LogP contribution is 2.33. The van der Waals surface area contributed by atoms with E-state index in [1.165, 1.54) is 4.88 Å². The van der Waals surface area contributed by atoms with Gasteiger partial charge in [-0.2, -0.15) is 0 Å². The molecule has 3 nitrogen and oxygen atoms in total. The van der Waals surface area contributed by atoms with E-state index >= 15 is 0 Å². The normalized spacial score (nSPS) is 33.9. The second-order valence-electron chi connectivity index (χ2n) is 5.43. The third kappa shape index (κ3) is 2.62. The molecular weight excluding hydrogens is 246 g/mol. The molecular formula is C14H21NO2S. The molecule has 1 aromatic rings. The third-order valence-corrected chi connectivity index (χ3v) is 5.07. The Morgan fingerprint density at radius 1 is 1.50 bits per heavy atom. The zero-order chi connectivity index (χ0) is 12.4. The maximum atomic E-state index is 5.97. The van der Waals surface area contributed by atoms with Crippen molar-refractivity contribution in [2.24, 2.45) is 0 Å². The average molecular weight is 267 g/mol. The van der Waals surface area contributed by atoms with Crippen LogP contribution in [0.25, 0.3) is 0 Å². The van der Waals surface area contributed by atoms with Crippen molar-refractivity contribution in [1.29, 1.82) is 0 Å². The van der Waals surface area contributed by atoms with Crippen LogP contribution in [0.3, 0.4) is 0 Å². The molecule has 1 aromatic heterocycles. The fourth-order valence-corrected chi connectivity index (χ4v) is 3.75. The Kier molecular flexibility index (Phi) is 3.71. The van der Waals surface area contributed by atoms with Crippen molar-refractivity contribution >= 4 is 11.3 Å². The maximum Gasteiger partial charge on any atom is 0.0951 e. The molecule has 2 aliphatic rings. The number of nitrogens with one attached hydrogen (secondary N) is 1. The van der Waals surface area contributed by atoms with Crippen LogP contribution in [0.15, 0.2) is 17.5 Å². The molecule has 2 saturated heterocycles. The van der Waals surface area contributed by atoms with Crippen molar-refractivity contribution in [2.75, 3.05) is 19.8 Å². The molecule has 0 saturated carbocycles. The van der Waals surface area contributed by atoms with Crippen LogP contribution in [0.1, 0.15) is 37.1 Å². The second-order valence-corrected chi connectivity index (χ2v) is 6.41. The number of hydrogen-bond donors (Lipinski definition) is 1. The Bertz CT molecular complexity index is 373. The second kappa shape index (κ2) is 5.29. The summed E-state index contributed by atoms with van der Waals surface area (Å²) in [6.45, 7) is 4.74. The summed E-state index contributed by atoms with van der Waals surface area (Å²) in [5.41, 5.74) is 0.00505. The highest BCUT2D eigenvalue weighted by atomic mass is 32.1. The summed E-state index contributed by atoms with van der Waals surface area (Å²) >= 11 is 1.82. The van der Waals surface area contributed by atoms with Crippen LogP contribution in [0.5, 0.6) is 0 Å². The van der Waals surface area contributed by atoms with Crippen molar-refractivity contribution < 1.29 is 9.47 Å². The van der Waals surface area contributed by atoms with E-state index < -0.39 is 0 Å². The zero-order valence-corrected chi connectivity index (χ0v) is 11.7. The molecule has 0 aromatic carbocycles. The first-order chi connectivity index (χ1) is 8.77. The molecule has 0 amide bonds. The van der Waals surface area contributed by atoms with Gasteiger partial charge in [0, 0.05) is 36.6 Å². The first kappa shape index (κ1) is 12.6. The fourth-order valence-electron chi connectivity index (χ4n) is 3.01. The lowest BCUT2D eigenvalue weighted by Crippen LogP contribution is -2.47. The molecule has 2 aliphatic heterocycles. The van der Waals surface area contributed by atoms with Crippen LogP contribution in [-0.4, -0.2) is 31.5 Å². The number of hydrogen-bond acceptors (Lipinski definition) is 4. The van der Waals surface area contributed by atoms with Crippen LogP contribution in [0.4, 0.5) is 0 Å². The fraction of sp³-hybridized carbons (Fsp3) is 0.714. The van der Waals surface area contributed by atoms with Crippen LogP contribution < -0.4 is 5.32 Å². The van der Waals surface area contributed by atoms with Gasteiger partial charge in [0.25, 0.3) is 0 Å². The Balaban J connectivity index is 1.59. The van der Waals surface area contributed by atoms with Crippen molar-refractivity contribution in [3.05, 3.63) is 22.4 Å². The Labute approximate surface area is 112 Å². The van der Waals surface area contributed by atoms with Gasteiger partial charge in [0.05, 0.1) is 12.2 Å². The van der Waals surface area contributed by atoms with Crippen LogP contribution in [-0.2, 0) is 9.47 Å². The zero-order valence-electron chi connectivity index (χ0n) is 10.9. The van der Waals surface area contributed by atoms with Crippen molar-refractivity contribution in [3.63, 3.8) is 0 Å². The van der Waals surface area contributed by atoms with E-state index in [0.717, 1.165) is 39.1 Å². The summed E-state index contributed by atoms with van der Waals surface area (Å²) in [5, 5.41) is 5.89. The van der Waals surface area contributed by atoms with Gasteiger partial charge < -0.3 is 14.8 Å². The lowest BCUT2D eigenvalue weighted by molar-refractivity contribution is -0.0902. The van der Waals surface area contributed by atoms with E-state index in [9.17, 15) is 0 Å². The molecule has 1 spiro atoms. The van der Waals surface area contributed by atoms with E-state index in [0.29, 0.717) is 12.1 Å². The van der Waals surface area contributed by atoms with Gasteiger partial charge in [0.2, 0.25) is 0 Å². The minimum Gasteiger partial charge on any atom is -0.378 e. The van der Waals surface area contributed by atoms with Crippen LogP contribution in [0, 0.1) is 0 Å². The summed E-state index contributed by atoms with van der Waals surface area (Å²) in [4.78, 5) is 1.42. The summed E-state index contributed by atoms with van der Waals surface area (Å²) in [7, 11) is 0. The van der Waals surface area contributed by atoms with Gasteiger partial charge in [0.15, 0.2) is 0 Å². The first-order valence-corrected chi connectivity index (χ1v) is 7.67. The van der Waals surface area contributed by atoms with E-state index in [4.69, 9.17) is 9.47 Å². The molecule has 0 radical (unpaired) electrons. The lowest BCUT2D eigenvalue weighted by Gasteiger charge is -2.38. The molecule has 3 rings (SSSR count). The summed E-state index contributed by atoms with van der Waals surface area (Å²) in [6.07, 6.45) is 3.25. The smallest absolute Gasteiger partial charge is 0.0951 e. The van der Waals surface area contributed by atoms with Crippen LogP contribution >= 0.6 is 11.3 Å². The van der Waals surface area contributed by atoms with Crippen LogP contribution in [0.2, 0.25) is 0 Å². The van der Waals surface area contributed by atoms with Gasteiger partial charge in [-0.25, -0.2) is 0 Å². The molecule has 4 heteroatoms. The van der Waals surface area contributed by atoms with E-state index in [2.05, 4.69) is 29.8 Å². The number of thiophene rings is 1. The molecule has 100 valence electrons. The summed E-state index contributed by atoms with van der Waals surface area (Å²) in [5.74, 6) is 0. The summed E-state index contributed by atoms with van der Waals surface area (Å²) < 4.78 is 11.5. The maximum absolute atomic E-state index is 5.97. The average Bonchev–Trinajstić information content (AvgIpc) is 3.01. The van der Waals surface area contributed by atoms with E-state index in [1.54, 1.807) is 0 Å². The molecule has 3 unspecified atom stereocenters. The largest absolute Gasteiger partial charge is 0.378 e. The van der Waals surface area contributed by atoms with E-state index in [-0.39, 0.29) is 5.60 Å². The molecule has 18 heavy (non-hydrogen) atoms. The molecule has 0 bridgehead atoms. The molecule has 2 fully saturated rings. The topological polar surface area (TPSA) is 30.5 Å². The molecule has 1 N–H and O–H groups in total. The number of ether oxygens (including phenoxy) is 2. The molecule has 3 atom stereocenters. The van der Waals surface area contributed by atoms with Gasteiger partial charge >= 0.3 is 0 Å². The predicted octanol–water partition coefficient (Wildman–Crippen LogP) is 2.74. The van der Waals surface area contributed by atoms with Gasteiger partial charge in [-0.1, -0.05) is 6.07 Å². The van der Waals surface area contributed by atoms with Crippen molar-refractivity contribution in [2.45, 2.75) is 43.9 Å². The minimum absolute atomic E-state index is 0.00505. The standard InChI is InChI=1S/C14H21NO2S/c1-11(13-3-2-8-18-13)15-12-4-6-17-14(9-12)5-7-16-10-14/h2-3,8,11-12,15H,4-7,9-10H2,1H3. The SMILES string of the molecule is CC(NC1CCOC2(CCOC2)C1)c1cccs1. The predicted molar refractivity (Wildman–Crippen MR) is 73.0 cm³/mol. The number of rotatable bonds is 3. The highest BCUT2D eigenvalue weighted by molar-refractivity contribution is 7.10.